The van der Waals surface area contributed by atoms with Gasteiger partial charge in [-0.05, 0) is 41.8 Å². The molecule has 0 atom stereocenters. The van der Waals surface area contributed by atoms with Crippen molar-refractivity contribution in [1.82, 2.24) is 4.98 Å². The number of hydrogen-bond donors (Lipinski definition) is 2. The summed E-state index contributed by atoms with van der Waals surface area (Å²) in [6.07, 6.45) is 0. The molecule has 27 heavy (non-hydrogen) atoms. The van der Waals surface area contributed by atoms with E-state index in [9.17, 15) is 13.2 Å². The maximum absolute atomic E-state index is 12.5. The van der Waals surface area contributed by atoms with Gasteiger partial charge >= 0.3 is 0 Å². The van der Waals surface area contributed by atoms with Gasteiger partial charge in [0, 0.05) is 11.3 Å². The van der Waals surface area contributed by atoms with Crippen molar-refractivity contribution in [2.24, 2.45) is 0 Å². The van der Waals surface area contributed by atoms with Gasteiger partial charge in [-0.2, -0.15) is 0 Å². The number of nitrogens with one attached hydrogen (secondary N) is 2. The number of sulfonamides is 1. The Bertz CT molecular complexity index is 1180. The van der Waals surface area contributed by atoms with E-state index in [1.165, 1.54) is 23.5 Å². The molecule has 2 heterocycles. The maximum atomic E-state index is 12.5. The van der Waals surface area contributed by atoms with Gasteiger partial charge in [-0.1, -0.05) is 35.6 Å². The summed E-state index contributed by atoms with van der Waals surface area (Å²) in [5, 5.41) is 4.94. The molecule has 0 unspecified atom stereocenters. The van der Waals surface area contributed by atoms with E-state index in [0.717, 1.165) is 21.6 Å². The van der Waals surface area contributed by atoms with Crippen LogP contribution >= 0.6 is 22.7 Å². The van der Waals surface area contributed by atoms with E-state index >= 15 is 0 Å². The van der Waals surface area contributed by atoms with Gasteiger partial charge < -0.3 is 0 Å². The minimum absolute atomic E-state index is 0.215. The molecule has 9 heteroatoms. The Morgan fingerprint density at radius 1 is 1.00 bits per heavy atom. The Kier molecular flexibility index (Phi) is 4.65. The predicted octanol–water partition coefficient (Wildman–Crippen LogP) is 4.41. The van der Waals surface area contributed by atoms with Gasteiger partial charge in [0.1, 0.15) is 4.21 Å². The number of aromatic nitrogens is 1. The van der Waals surface area contributed by atoms with Crippen LogP contribution in [0.15, 0.2) is 70.3 Å². The van der Waals surface area contributed by atoms with Crippen LogP contribution in [0.25, 0.3) is 10.2 Å². The second-order valence-corrected chi connectivity index (χ2v) is 9.45. The third-order valence-electron chi connectivity index (χ3n) is 3.65. The fraction of sp³-hybridized carbons (Fsp3) is 0. The van der Waals surface area contributed by atoms with Crippen molar-refractivity contribution in [3.05, 3.63) is 71.6 Å². The largest absolute Gasteiger partial charge is 0.298 e. The normalized spacial score (nSPS) is 11.4. The van der Waals surface area contributed by atoms with Crippen molar-refractivity contribution in [2.45, 2.75) is 4.21 Å². The van der Waals surface area contributed by atoms with Crippen LogP contribution in [0.1, 0.15) is 10.4 Å². The maximum Gasteiger partial charge on any atom is 0.271 e. The zero-order valence-electron chi connectivity index (χ0n) is 13.7. The highest BCUT2D eigenvalue weighted by atomic mass is 32.2. The summed E-state index contributed by atoms with van der Waals surface area (Å²) in [7, 11) is -3.66. The highest BCUT2D eigenvalue weighted by Gasteiger charge is 2.16. The van der Waals surface area contributed by atoms with Gasteiger partial charge in [0.25, 0.3) is 15.9 Å². The van der Waals surface area contributed by atoms with Crippen LogP contribution in [-0.2, 0) is 10.0 Å². The molecule has 6 nitrogen and oxygen atoms in total. The second kappa shape index (κ2) is 7.10. The van der Waals surface area contributed by atoms with Crippen LogP contribution in [0.3, 0.4) is 0 Å². The summed E-state index contributed by atoms with van der Waals surface area (Å²) in [4.78, 5) is 16.9. The van der Waals surface area contributed by atoms with Crippen molar-refractivity contribution in [1.29, 1.82) is 0 Å². The van der Waals surface area contributed by atoms with Gasteiger partial charge in [0.05, 0.1) is 10.2 Å². The minimum atomic E-state index is -3.66. The molecule has 136 valence electrons. The minimum Gasteiger partial charge on any atom is -0.298 e. The first-order chi connectivity index (χ1) is 13.0. The highest BCUT2D eigenvalue weighted by Crippen LogP contribution is 2.26. The lowest BCUT2D eigenvalue weighted by atomic mass is 10.2. The number of rotatable bonds is 5. The molecule has 2 aromatic heterocycles. The average Bonchev–Trinajstić information content (AvgIpc) is 3.31. The van der Waals surface area contributed by atoms with Crippen LogP contribution in [0.5, 0.6) is 0 Å². The number of hydrogen-bond acceptors (Lipinski definition) is 6. The molecule has 0 aliphatic rings. The lowest BCUT2D eigenvalue weighted by Gasteiger charge is -2.08. The molecule has 0 bridgehead atoms. The van der Waals surface area contributed by atoms with E-state index in [2.05, 4.69) is 15.0 Å². The standard InChI is InChI=1S/C18H13N3O3S3/c22-17(20-18-19-14-7-1-2-8-15(14)26-18)12-5-3-6-13(11-12)21-27(23,24)16-9-4-10-25-16/h1-11,21H,(H,19,20,22). The summed E-state index contributed by atoms with van der Waals surface area (Å²) in [5.41, 5.74) is 1.47. The van der Waals surface area contributed by atoms with E-state index in [1.807, 2.05) is 24.3 Å². The van der Waals surface area contributed by atoms with Gasteiger partial charge in [0.15, 0.2) is 5.13 Å². The molecule has 0 aliphatic carbocycles. The van der Waals surface area contributed by atoms with E-state index in [-0.39, 0.29) is 10.1 Å². The number of anilines is 2. The van der Waals surface area contributed by atoms with Crippen LogP contribution in [0.4, 0.5) is 10.8 Å². The molecule has 0 saturated carbocycles. The van der Waals surface area contributed by atoms with Gasteiger partial charge in [-0.15, -0.1) is 11.3 Å². The fourth-order valence-corrected chi connectivity index (χ4v) is 5.34. The van der Waals surface area contributed by atoms with Crippen molar-refractivity contribution in [2.75, 3.05) is 10.0 Å². The first-order valence-corrected chi connectivity index (χ1v) is 11.0. The van der Waals surface area contributed by atoms with Crippen LogP contribution < -0.4 is 10.0 Å². The van der Waals surface area contributed by atoms with Gasteiger partial charge in [-0.25, -0.2) is 13.4 Å². The number of carbonyl (C=O) groups excluding carboxylic acids is 1. The summed E-state index contributed by atoms with van der Waals surface area (Å²) in [5.74, 6) is -0.355. The lowest BCUT2D eigenvalue weighted by Crippen LogP contribution is -2.14. The average molecular weight is 416 g/mol. The van der Waals surface area contributed by atoms with Gasteiger partial charge in [0.2, 0.25) is 0 Å². The van der Waals surface area contributed by atoms with Crippen LogP contribution in [0.2, 0.25) is 0 Å². The molecule has 0 spiro atoms. The number of para-hydroxylation sites is 1. The Morgan fingerprint density at radius 3 is 2.63 bits per heavy atom. The van der Waals surface area contributed by atoms with Crippen molar-refractivity contribution in [3.8, 4) is 0 Å². The first kappa shape index (κ1) is 17.7. The van der Waals surface area contributed by atoms with Crippen molar-refractivity contribution in [3.63, 3.8) is 0 Å². The van der Waals surface area contributed by atoms with Gasteiger partial charge in [-0.3, -0.25) is 14.8 Å². The Morgan fingerprint density at radius 2 is 1.85 bits per heavy atom. The number of thiazole rings is 1. The molecule has 2 N–H and O–H groups in total. The zero-order chi connectivity index (χ0) is 18.9. The summed E-state index contributed by atoms with van der Waals surface area (Å²) in [6, 6.07) is 17.1. The SMILES string of the molecule is O=C(Nc1nc2ccccc2s1)c1cccc(NS(=O)(=O)c2cccs2)c1. The number of nitrogens with zero attached hydrogens (tertiary/aromatic N) is 1. The molecule has 2 aromatic carbocycles. The zero-order valence-corrected chi connectivity index (χ0v) is 16.2. The fourth-order valence-electron chi connectivity index (χ4n) is 2.44. The Labute approximate surface area is 163 Å². The number of carbonyl (C=O) groups is 1. The van der Waals surface area contributed by atoms with E-state index in [4.69, 9.17) is 0 Å². The molecule has 4 aromatic rings. The van der Waals surface area contributed by atoms with E-state index in [1.54, 1.807) is 29.6 Å². The molecule has 0 aliphatic heterocycles. The quantitative estimate of drug-likeness (QED) is 0.505. The topological polar surface area (TPSA) is 88.2 Å². The molecule has 0 fully saturated rings. The van der Waals surface area contributed by atoms with E-state index in [0.29, 0.717) is 16.4 Å². The number of fused-ring (bicyclic) bond motifs is 1. The molecule has 0 saturated heterocycles. The highest BCUT2D eigenvalue weighted by molar-refractivity contribution is 7.94. The first-order valence-electron chi connectivity index (χ1n) is 7.85. The molecule has 4 rings (SSSR count). The summed E-state index contributed by atoms with van der Waals surface area (Å²) >= 11 is 2.51. The number of amides is 1. The smallest absolute Gasteiger partial charge is 0.271 e. The molecule has 1 amide bonds. The Hall–Kier alpha value is -2.75. The lowest BCUT2D eigenvalue weighted by molar-refractivity contribution is 0.102. The monoisotopic (exact) mass is 415 g/mol. The molecular formula is C18H13N3O3S3. The molecular weight excluding hydrogens is 402 g/mol. The predicted molar refractivity (Wildman–Crippen MR) is 109 cm³/mol. The number of benzene rings is 2. The summed E-state index contributed by atoms with van der Waals surface area (Å²) in [6.45, 7) is 0. The van der Waals surface area contributed by atoms with Crippen LogP contribution in [-0.4, -0.2) is 19.3 Å². The summed E-state index contributed by atoms with van der Waals surface area (Å²) < 4.78 is 28.3. The van der Waals surface area contributed by atoms with Crippen LogP contribution in [0, 0.1) is 0 Å². The number of thiophene rings is 1. The third kappa shape index (κ3) is 3.85. The second-order valence-electron chi connectivity index (χ2n) is 5.56. The Balaban J connectivity index is 1.54. The third-order valence-corrected chi connectivity index (χ3v) is 7.38. The van der Waals surface area contributed by atoms with E-state index < -0.39 is 10.0 Å². The van der Waals surface area contributed by atoms with Crippen molar-refractivity contribution < 1.29 is 13.2 Å². The van der Waals surface area contributed by atoms with Crippen molar-refractivity contribution >= 4 is 59.6 Å². The molecule has 0 radical (unpaired) electrons.